The number of carbonyl (C=O) groups excluding carboxylic acids is 9. The molecular formula is C48H83N13O21. The summed E-state index contributed by atoms with van der Waals surface area (Å²) in [4.78, 5) is 136. The van der Waals surface area contributed by atoms with Crippen molar-refractivity contribution >= 4 is 65.1 Å². The molecule has 3 rings (SSSR count). The van der Waals surface area contributed by atoms with Gasteiger partial charge in [0, 0.05) is 33.4 Å². The van der Waals surface area contributed by atoms with Crippen molar-refractivity contribution in [2.45, 2.75) is 202 Å². The average molecular weight is 1180 g/mol. The van der Waals surface area contributed by atoms with Gasteiger partial charge in [-0.2, -0.15) is 0 Å². The number of aliphatic hydroxyl groups excluding tert-OH is 6. The number of rotatable bonds is 32. The van der Waals surface area contributed by atoms with Gasteiger partial charge in [-0.1, -0.05) is 0 Å². The number of likely N-dealkylation sites (tertiary alicyclic amines) is 1. The molecule has 0 radical (unpaired) electrons. The number of carboxylic acid groups (broad SMARTS) is 1. The molecule has 3 aliphatic rings. The molecule has 3 heterocycles. The number of nitrogens with zero attached hydrogens (tertiary/aromatic N) is 2. The molecule has 22 N–H and O–H groups in total. The molecule has 2 unspecified atom stereocenters. The monoisotopic (exact) mass is 1180 g/mol. The van der Waals surface area contributed by atoms with Gasteiger partial charge in [-0.3, -0.25) is 48.1 Å². The lowest BCUT2D eigenvalue weighted by atomic mass is 9.94. The predicted molar refractivity (Wildman–Crippen MR) is 281 cm³/mol. The maximum absolute atomic E-state index is 14.1. The molecule has 0 aromatic heterocycles. The predicted octanol–water partition coefficient (Wildman–Crippen LogP) is -9.35. The topological polar surface area (TPSA) is 553 Å². The number of nitrogens with one attached hydrogen (secondary N) is 7. The first-order chi connectivity index (χ1) is 38.6. The second-order valence-electron chi connectivity index (χ2n) is 20.2. The number of nitrogens with two attached hydrogens (primary N) is 4. The molecule has 0 aromatic rings. The molecule has 34 nitrogen and oxygen atoms in total. The number of aliphatic carboxylic acids is 1. The van der Waals surface area contributed by atoms with Crippen molar-refractivity contribution in [1.82, 2.24) is 42.1 Å². The van der Waals surface area contributed by atoms with Crippen LogP contribution in [0.3, 0.4) is 0 Å². The average Bonchev–Trinajstić information content (AvgIpc) is 3.80. The van der Waals surface area contributed by atoms with E-state index in [9.17, 15) is 83.7 Å². The first-order valence-electron chi connectivity index (χ1n) is 26.8. The third-order valence-corrected chi connectivity index (χ3v) is 13.6. The Balaban J connectivity index is 1.70. The SMILES string of the molecule is CC(=O)N[C@H]1[C@H](O[C@H]2[C@H](OC(C)C(=O)N[C@@H](C)C(=O)N[C@H](CCC(=O)N[C@H](C(=O)N[C@@H](CCCCN)C(=O)N3CCC[C@H]3C(=O)N[C@@H](CCCN=C(N)N)C(=O)O)[C@@H](C)O)C(N)=O)[C@@H](NC(C)=O)C(O)O[C@@H]2CO)O[C@H](CO)[C@@H](O)[C@@H]1O. The lowest BCUT2D eigenvalue weighted by Gasteiger charge is -2.48. The van der Waals surface area contributed by atoms with Crippen LogP contribution in [0, 0.1) is 0 Å². The van der Waals surface area contributed by atoms with Crippen LogP contribution in [0.2, 0.25) is 0 Å². The third kappa shape index (κ3) is 20.8. The number of hydrogen-bond donors (Lipinski definition) is 18. The molecular weight excluding hydrogens is 1090 g/mol. The minimum Gasteiger partial charge on any atom is -0.480 e. The van der Waals surface area contributed by atoms with E-state index in [1.54, 1.807) is 0 Å². The molecule has 82 heavy (non-hydrogen) atoms. The van der Waals surface area contributed by atoms with Gasteiger partial charge in [-0.05, 0) is 78.7 Å². The molecule has 0 spiro atoms. The van der Waals surface area contributed by atoms with Crippen molar-refractivity contribution < 1.29 is 103 Å². The minimum atomic E-state index is -1.91. The van der Waals surface area contributed by atoms with Crippen LogP contribution in [0.4, 0.5) is 0 Å². The van der Waals surface area contributed by atoms with Crippen LogP contribution < -0.4 is 60.2 Å². The standard InChI is InChI=1S/C48H83N13O21/c1-20(54-41(72)22(3)79-38-34(56-24(5)66)46(78)80-30(19-63)37(38)82-47-33(55-23(4)65)36(69)35(68)29(18-62)81-47)40(71)57-25(39(50)70)13-14-31(67)60-32(21(2)64)43(74)58-26(10-6-7-15-49)44(75)61-17-9-12-28(61)42(73)59-27(45(76)77)11-8-16-53-48(51)52/h20-22,25-30,32-38,46-47,62-64,68-69,78H,6-19,49H2,1-5H3,(H2,50,70)(H,54,72)(H,55,65)(H,56,66)(H,57,71)(H,58,74)(H,59,73)(H,60,67)(H,76,77)(H4,51,52,53)/t20-,21+,22?,25+,26-,27-,28-,29+,30+,32-,33+,34+,35+,36+,37+,38+,46?,47-/m0/s1. The van der Waals surface area contributed by atoms with Gasteiger partial charge in [0.05, 0.1) is 19.3 Å². The maximum atomic E-state index is 14.1. The normalized spacial score (nSPS) is 26.9. The summed E-state index contributed by atoms with van der Waals surface area (Å²) in [6, 6.07) is -11.5. The number of carbonyl (C=O) groups is 10. The van der Waals surface area contributed by atoms with E-state index in [0.29, 0.717) is 19.3 Å². The van der Waals surface area contributed by atoms with Crippen molar-refractivity contribution in [2.24, 2.45) is 27.9 Å². The van der Waals surface area contributed by atoms with Gasteiger partial charge < -0.3 is 120 Å². The van der Waals surface area contributed by atoms with Crippen LogP contribution >= 0.6 is 0 Å². The zero-order valence-electron chi connectivity index (χ0n) is 46.3. The molecule has 34 heteroatoms. The summed E-state index contributed by atoms with van der Waals surface area (Å²) in [5.74, 6) is -9.48. The number of amides is 9. The number of aliphatic hydroxyl groups is 6. The van der Waals surface area contributed by atoms with Gasteiger partial charge >= 0.3 is 5.97 Å². The fraction of sp³-hybridized carbons (Fsp3) is 0.771. The zero-order valence-corrected chi connectivity index (χ0v) is 46.3. The van der Waals surface area contributed by atoms with Gasteiger partial charge in [0.1, 0.15) is 91.1 Å². The summed E-state index contributed by atoms with van der Waals surface area (Å²) < 4.78 is 23.3. The van der Waals surface area contributed by atoms with Crippen LogP contribution in [-0.2, 0) is 66.9 Å². The highest BCUT2D eigenvalue weighted by Crippen LogP contribution is 2.31. The molecule has 3 fully saturated rings. The molecule has 3 aliphatic heterocycles. The first kappa shape index (κ1) is 69.8. The summed E-state index contributed by atoms with van der Waals surface area (Å²) in [5, 5.41) is 89.7. The van der Waals surface area contributed by atoms with Crippen LogP contribution in [0.1, 0.15) is 92.4 Å². The zero-order chi connectivity index (χ0) is 61.7. The Morgan fingerprint density at radius 3 is 1.91 bits per heavy atom. The Bertz CT molecular complexity index is 2230. The van der Waals surface area contributed by atoms with Gasteiger partial charge in [0.25, 0.3) is 0 Å². The Morgan fingerprint density at radius 1 is 0.720 bits per heavy atom. The van der Waals surface area contributed by atoms with Gasteiger partial charge in [-0.15, -0.1) is 0 Å². The van der Waals surface area contributed by atoms with Crippen molar-refractivity contribution in [3.05, 3.63) is 0 Å². The Hall–Kier alpha value is -6.47. The van der Waals surface area contributed by atoms with Gasteiger partial charge in [0.2, 0.25) is 53.2 Å². The fourth-order valence-electron chi connectivity index (χ4n) is 9.27. The van der Waals surface area contributed by atoms with Crippen molar-refractivity contribution in [2.75, 3.05) is 32.8 Å². The summed E-state index contributed by atoms with van der Waals surface area (Å²) in [7, 11) is 0. The van der Waals surface area contributed by atoms with Crippen LogP contribution in [-0.4, -0.2) is 248 Å². The molecule has 0 saturated carbocycles. The molecule has 18 atom stereocenters. The van der Waals surface area contributed by atoms with E-state index >= 15 is 0 Å². The van der Waals surface area contributed by atoms with E-state index in [0.717, 1.165) is 13.8 Å². The molecule has 0 aromatic carbocycles. The largest absolute Gasteiger partial charge is 0.480 e. The van der Waals surface area contributed by atoms with Crippen LogP contribution in [0.15, 0.2) is 4.99 Å². The molecule has 0 bridgehead atoms. The summed E-state index contributed by atoms with van der Waals surface area (Å²) in [6.07, 6.45) is -16.2. The fourth-order valence-corrected chi connectivity index (χ4v) is 9.27. The highest BCUT2D eigenvalue weighted by atomic mass is 16.7. The third-order valence-electron chi connectivity index (χ3n) is 13.6. The molecule has 0 aliphatic carbocycles. The Morgan fingerprint density at radius 2 is 1.34 bits per heavy atom. The summed E-state index contributed by atoms with van der Waals surface area (Å²) in [6.45, 7) is 4.41. The van der Waals surface area contributed by atoms with Crippen molar-refractivity contribution in [3.8, 4) is 0 Å². The summed E-state index contributed by atoms with van der Waals surface area (Å²) >= 11 is 0. The number of hydrogen-bond acceptors (Lipinski definition) is 22. The number of primary amides is 1. The van der Waals surface area contributed by atoms with E-state index in [-0.39, 0.29) is 51.3 Å². The lowest BCUT2D eigenvalue weighted by Crippen LogP contribution is -2.70. The number of ether oxygens (including phenoxy) is 4. The van der Waals surface area contributed by atoms with Gasteiger partial charge in [-0.25, -0.2) is 4.79 Å². The van der Waals surface area contributed by atoms with Crippen LogP contribution in [0.25, 0.3) is 0 Å². The van der Waals surface area contributed by atoms with Crippen LogP contribution in [0.5, 0.6) is 0 Å². The van der Waals surface area contributed by atoms with E-state index in [4.69, 9.17) is 41.9 Å². The number of guanidine groups is 1. The molecule has 466 valence electrons. The Kier molecular flexibility index (Phi) is 28.6. The first-order valence-corrected chi connectivity index (χ1v) is 26.8. The highest BCUT2D eigenvalue weighted by molar-refractivity contribution is 5.96. The van der Waals surface area contributed by atoms with Crippen molar-refractivity contribution in [1.29, 1.82) is 0 Å². The quantitative estimate of drug-likeness (QED) is 0.0169. The van der Waals surface area contributed by atoms with E-state index in [1.807, 2.05) is 0 Å². The van der Waals surface area contributed by atoms with Crippen molar-refractivity contribution in [3.63, 3.8) is 0 Å². The Labute approximate surface area is 471 Å². The van der Waals surface area contributed by atoms with E-state index in [1.165, 1.54) is 25.7 Å². The molecule has 9 amide bonds. The molecule has 3 saturated heterocycles. The second-order valence-corrected chi connectivity index (χ2v) is 20.2. The minimum absolute atomic E-state index is 0.0191. The number of aliphatic imine (C=N–C) groups is 1. The summed E-state index contributed by atoms with van der Waals surface area (Å²) in [5.41, 5.74) is 21.9. The second kappa shape index (κ2) is 33.6. The smallest absolute Gasteiger partial charge is 0.326 e. The lowest BCUT2D eigenvalue weighted by molar-refractivity contribution is -0.333. The van der Waals surface area contributed by atoms with E-state index in [2.05, 4.69) is 42.2 Å². The van der Waals surface area contributed by atoms with E-state index < -0.39 is 195 Å². The number of carboxylic acids is 1. The van der Waals surface area contributed by atoms with Gasteiger partial charge in [0.15, 0.2) is 18.5 Å². The maximum Gasteiger partial charge on any atom is 0.326 e. The highest BCUT2D eigenvalue weighted by Gasteiger charge is 2.53. The number of unbranched alkanes of at least 4 members (excludes halogenated alkanes) is 1.